The number of rotatable bonds is 4. The molecular weight excluding hydrogens is 496 g/mol. The first kappa shape index (κ1) is 22.9. The highest BCUT2D eigenvalue weighted by Crippen LogP contribution is 2.40. The molecule has 1 atom stereocenters. The predicted octanol–water partition coefficient (Wildman–Crippen LogP) is 5.50. The number of sulfonamides is 1. The number of fused-ring (bicyclic) bond motifs is 1. The van der Waals surface area contributed by atoms with Gasteiger partial charge in [-0.05, 0) is 72.7 Å². The van der Waals surface area contributed by atoms with E-state index in [4.69, 9.17) is 16.3 Å². The minimum Gasteiger partial charge on any atom is -0.476 e. The van der Waals surface area contributed by atoms with E-state index in [1.54, 1.807) is 42.5 Å². The van der Waals surface area contributed by atoms with Gasteiger partial charge in [0.05, 0.1) is 17.1 Å². The van der Waals surface area contributed by atoms with E-state index in [1.165, 1.54) is 20.8 Å². The summed E-state index contributed by atoms with van der Waals surface area (Å²) in [5.74, 6) is -0.139. The third kappa shape index (κ3) is 3.79. The Balaban J connectivity index is 1.36. The molecule has 1 N–H and O–H groups in total. The summed E-state index contributed by atoms with van der Waals surface area (Å²) in [6.45, 7) is 1.71. The van der Waals surface area contributed by atoms with Crippen molar-refractivity contribution in [1.29, 1.82) is 0 Å². The molecule has 1 aliphatic heterocycles. The van der Waals surface area contributed by atoms with Gasteiger partial charge in [0.25, 0.3) is 15.9 Å². The number of halogens is 1. The fraction of sp³-hybridized carbons (Fsp3) is 0.179. The van der Waals surface area contributed by atoms with Gasteiger partial charge in [-0.1, -0.05) is 53.6 Å². The topological polar surface area (TPSA) is 75.7 Å². The zero-order valence-corrected chi connectivity index (χ0v) is 21.1. The average Bonchev–Trinajstić information content (AvgIpc) is 3.30. The molecule has 182 valence electrons. The van der Waals surface area contributed by atoms with Crippen LogP contribution in [0.2, 0.25) is 5.02 Å². The van der Waals surface area contributed by atoms with Crippen molar-refractivity contribution < 1.29 is 17.9 Å². The Hall–Kier alpha value is -3.55. The number of ether oxygens (including phenoxy) is 1. The van der Waals surface area contributed by atoms with Crippen LogP contribution in [0.4, 0.5) is 11.4 Å². The van der Waals surface area contributed by atoms with Crippen molar-refractivity contribution >= 4 is 49.7 Å². The Bertz CT molecular complexity index is 1620. The van der Waals surface area contributed by atoms with E-state index in [2.05, 4.69) is 11.4 Å². The van der Waals surface area contributed by atoms with Gasteiger partial charge in [-0.2, -0.15) is 0 Å². The lowest BCUT2D eigenvalue weighted by atomic mass is 10.0. The molecule has 0 saturated heterocycles. The molecule has 1 aliphatic carbocycles. The summed E-state index contributed by atoms with van der Waals surface area (Å²) in [5, 5.41) is 5.52. The standard InChI is InChI=1S/C28H23ClN2O4S/c1-17-5-11-21(12-6-17)36(33,34)31-16-26(35-25-14-10-20(29)15-24(25)31)28(32)30-23-13-9-19-8-7-18-3-2-4-22(23)27(18)19/h2-6,9-15,26H,7-8,16H2,1H3,(H,30,32)/t26-/m1/s1. The van der Waals surface area contributed by atoms with Crippen LogP contribution >= 0.6 is 11.6 Å². The normalized spacial score (nSPS) is 16.5. The van der Waals surface area contributed by atoms with Crippen molar-refractivity contribution in [1.82, 2.24) is 0 Å². The molecule has 2 aliphatic rings. The highest BCUT2D eigenvalue weighted by atomic mass is 35.5. The fourth-order valence-corrected chi connectivity index (χ4v) is 6.63. The zero-order chi connectivity index (χ0) is 25.0. The van der Waals surface area contributed by atoms with E-state index < -0.39 is 22.0 Å². The summed E-state index contributed by atoms with van der Waals surface area (Å²) >= 11 is 6.19. The maximum absolute atomic E-state index is 13.7. The Labute approximate surface area is 214 Å². The molecule has 1 amide bonds. The van der Waals surface area contributed by atoms with E-state index >= 15 is 0 Å². The maximum Gasteiger partial charge on any atom is 0.267 e. The number of benzene rings is 4. The Kier molecular flexibility index (Phi) is 5.43. The third-order valence-corrected chi connectivity index (χ3v) is 8.86. The van der Waals surface area contributed by atoms with E-state index in [1.807, 2.05) is 31.2 Å². The smallest absolute Gasteiger partial charge is 0.267 e. The minimum absolute atomic E-state index is 0.132. The highest BCUT2D eigenvalue weighted by molar-refractivity contribution is 7.92. The number of carbonyl (C=O) groups is 1. The number of carbonyl (C=O) groups excluding carboxylic acids is 1. The average molecular weight is 519 g/mol. The molecule has 6 nitrogen and oxygen atoms in total. The predicted molar refractivity (Wildman–Crippen MR) is 142 cm³/mol. The molecule has 1 heterocycles. The first-order valence-corrected chi connectivity index (χ1v) is 13.5. The van der Waals surface area contributed by atoms with Crippen LogP contribution < -0.4 is 14.4 Å². The Morgan fingerprint density at radius 1 is 1.00 bits per heavy atom. The quantitative estimate of drug-likeness (QED) is 0.387. The molecule has 0 unspecified atom stereocenters. The van der Waals surface area contributed by atoms with Crippen LogP contribution in [0, 0.1) is 6.92 Å². The molecule has 4 aromatic rings. The highest BCUT2D eigenvalue weighted by Gasteiger charge is 2.38. The third-order valence-electron chi connectivity index (χ3n) is 6.83. The molecule has 0 radical (unpaired) electrons. The number of amides is 1. The lowest BCUT2D eigenvalue weighted by molar-refractivity contribution is -0.122. The fourth-order valence-electron chi connectivity index (χ4n) is 5.00. The second kappa shape index (κ2) is 8.54. The van der Waals surface area contributed by atoms with Gasteiger partial charge in [0, 0.05) is 16.1 Å². The van der Waals surface area contributed by atoms with Crippen molar-refractivity contribution in [3.8, 4) is 5.75 Å². The molecule has 4 aromatic carbocycles. The van der Waals surface area contributed by atoms with Crippen LogP contribution in [0.15, 0.2) is 77.7 Å². The van der Waals surface area contributed by atoms with Crippen LogP contribution in [0.1, 0.15) is 16.7 Å². The zero-order valence-electron chi connectivity index (χ0n) is 19.5. The Morgan fingerprint density at radius 2 is 1.75 bits per heavy atom. The van der Waals surface area contributed by atoms with Crippen LogP contribution in [0.5, 0.6) is 5.75 Å². The van der Waals surface area contributed by atoms with Gasteiger partial charge in [0.1, 0.15) is 5.75 Å². The first-order chi connectivity index (χ1) is 17.3. The maximum atomic E-state index is 13.7. The summed E-state index contributed by atoms with van der Waals surface area (Å²) in [7, 11) is -3.97. The molecule has 0 fully saturated rings. The van der Waals surface area contributed by atoms with Crippen molar-refractivity contribution in [2.45, 2.75) is 30.8 Å². The second-order valence-electron chi connectivity index (χ2n) is 9.17. The summed E-state index contributed by atoms with van der Waals surface area (Å²) in [5.41, 5.74) is 4.47. The largest absolute Gasteiger partial charge is 0.476 e. The van der Waals surface area contributed by atoms with Gasteiger partial charge in [-0.15, -0.1) is 0 Å². The van der Waals surface area contributed by atoms with E-state index in [-0.39, 0.29) is 17.2 Å². The minimum atomic E-state index is -3.97. The number of anilines is 2. The summed E-state index contributed by atoms with van der Waals surface area (Å²) in [4.78, 5) is 13.6. The summed E-state index contributed by atoms with van der Waals surface area (Å²) in [6, 6.07) is 21.4. The lowest BCUT2D eigenvalue weighted by Crippen LogP contribution is -2.48. The van der Waals surface area contributed by atoms with Crippen LogP contribution in [-0.2, 0) is 27.7 Å². The van der Waals surface area contributed by atoms with Gasteiger partial charge in [-0.25, -0.2) is 8.42 Å². The van der Waals surface area contributed by atoms with Crippen molar-refractivity contribution in [2.24, 2.45) is 0 Å². The number of hydrogen-bond acceptors (Lipinski definition) is 4. The molecule has 0 saturated carbocycles. The van der Waals surface area contributed by atoms with E-state index in [0.29, 0.717) is 16.4 Å². The first-order valence-electron chi connectivity index (χ1n) is 11.7. The number of nitrogens with one attached hydrogen (secondary N) is 1. The monoisotopic (exact) mass is 518 g/mol. The van der Waals surface area contributed by atoms with E-state index in [9.17, 15) is 13.2 Å². The van der Waals surface area contributed by atoms with Crippen LogP contribution in [-0.4, -0.2) is 27.0 Å². The molecule has 0 spiro atoms. The van der Waals surface area contributed by atoms with Gasteiger partial charge < -0.3 is 10.1 Å². The van der Waals surface area contributed by atoms with Gasteiger partial charge in [-0.3, -0.25) is 9.10 Å². The molecular formula is C28H23ClN2O4S. The second-order valence-corrected chi connectivity index (χ2v) is 11.5. The molecule has 8 heteroatoms. The molecule has 0 aromatic heterocycles. The SMILES string of the molecule is Cc1ccc(S(=O)(=O)N2C[C@H](C(=O)Nc3ccc4c5c(cccc35)CC4)Oc3ccc(Cl)cc32)cc1. The van der Waals surface area contributed by atoms with Crippen molar-refractivity contribution in [3.63, 3.8) is 0 Å². The number of aryl methyl sites for hydroxylation is 3. The number of nitrogens with zero attached hydrogens (tertiary/aromatic N) is 1. The van der Waals surface area contributed by atoms with Gasteiger partial charge in [0.2, 0.25) is 0 Å². The molecule has 0 bridgehead atoms. The summed E-state index contributed by atoms with van der Waals surface area (Å²) < 4.78 is 34.5. The van der Waals surface area contributed by atoms with Crippen molar-refractivity contribution in [3.05, 3.63) is 94.5 Å². The lowest BCUT2D eigenvalue weighted by Gasteiger charge is -2.35. The number of hydrogen-bond donors (Lipinski definition) is 1. The van der Waals surface area contributed by atoms with Crippen molar-refractivity contribution in [2.75, 3.05) is 16.2 Å². The van der Waals surface area contributed by atoms with Gasteiger partial charge in [0.15, 0.2) is 6.10 Å². The molecule has 36 heavy (non-hydrogen) atoms. The van der Waals surface area contributed by atoms with Crippen LogP contribution in [0.25, 0.3) is 10.8 Å². The van der Waals surface area contributed by atoms with Gasteiger partial charge >= 0.3 is 0 Å². The molecule has 6 rings (SSSR count). The Morgan fingerprint density at radius 3 is 2.53 bits per heavy atom. The summed E-state index contributed by atoms with van der Waals surface area (Å²) in [6.07, 6.45) is 0.920. The van der Waals surface area contributed by atoms with Crippen LogP contribution in [0.3, 0.4) is 0 Å². The van der Waals surface area contributed by atoms with E-state index in [0.717, 1.165) is 23.8 Å².